The van der Waals surface area contributed by atoms with E-state index in [9.17, 15) is 4.79 Å². The van der Waals surface area contributed by atoms with E-state index < -0.39 is 5.97 Å². The standard InChI is InChI=1S/C12H13NO4/c14-12(15)7-13(11-8-16-9-17-11)6-10-4-2-1-3-5-10/h1-5,8H,6-7,9H2,(H,14,15). The lowest BCUT2D eigenvalue weighted by atomic mass is 10.2. The van der Waals surface area contributed by atoms with Gasteiger partial charge in [0, 0.05) is 6.54 Å². The Balaban J connectivity index is 2.08. The minimum absolute atomic E-state index is 0.121. The van der Waals surface area contributed by atoms with Crippen LogP contribution in [0.2, 0.25) is 0 Å². The van der Waals surface area contributed by atoms with Gasteiger partial charge in [0.25, 0.3) is 0 Å². The molecule has 1 aromatic rings. The highest BCUT2D eigenvalue weighted by molar-refractivity contribution is 5.69. The van der Waals surface area contributed by atoms with Crippen molar-refractivity contribution in [3.05, 3.63) is 48.0 Å². The van der Waals surface area contributed by atoms with E-state index in [0.29, 0.717) is 12.4 Å². The van der Waals surface area contributed by atoms with Crippen LogP contribution in [0.25, 0.3) is 0 Å². The zero-order valence-electron chi connectivity index (χ0n) is 9.20. The highest BCUT2D eigenvalue weighted by atomic mass is 16.7. The number of rotatable bonds is 5. The molecule has 0 aromatic heterocycles. The SMILES string of the molecule is O=C(O)CN(Cc1ccccc1)C1=COCO1. The maximum atomic E-state index is 10.8. The van der Waals surface area contributed by atoms with Crippen molar-refractivity contribution >= 4 is 5.97 Å². The van der Waals surface area contributed by atoms with E-state index in [0.717, 1.165) is 5.56 Å². The van der Waals surface area contributed by atoms with Crippen LogP contribution in [0.15, 0.2) is 42.5 Å². The molecule has 1 heterocycles. The molecular formula is C12H13NO4. The van der Waals surface area contributed by atoms with Crippen LogP contribution in [0.5, 0.6) is 0 Å². The van der Waals surface area contributed by atoms with Crippen LogP contribution in [-0.4, -0.2) is 29.3 Å². The molecule has 0 amide bonds. The predicted octanol–water partition coefficient (Wildman–Crippen LogP) is 1.38. The largest absolute Gasteiger partial charge is 0.480 e. The highest BCUT2D eigenvalue weighted by Crippen LogP contribution is 2.15. The lowest BCUT2D eigenvalue weighted by molar-refractivity contribution is -0.138. The van der Waals surface area contributed by atoms with Gasteiger partial charge in [-0.2, -0.15) is 0 Å². The van der Waals surface area contributed by atoms with Gasteiger partial charge in [0.2, 0.25) is 12.7 Å². The van der Waals surface area contributed by atoms with E-state index in [2.05, 4.69) is 0 Å². The molecule has 5 nitrogen and oxygen atoms in total. The average Bonchev–Trinajstić information content (AvgIpc) is 2.82. The second-order valence-corrected chi connectivity index (χ2v) is 3.62. The topological polar surface area (TPSA) is 59.0 Å². The van der Waals surface area contributed by atoms with Crippen molar-refractivity contribution in [3.8, 4) is 0 Å². The lowest BCUT2D eigenvalue weighted by Crippen LogP contribution is -2.29. The zero-order chi connectivity index (χ0) is 12.1. The minimum Gasteiger partial charge on any atom is -0.480 e. The monoisotopic (exact) mass is 235 g/mol. The number of benzene rings is 1. The van der Waals surface area contributed by atoms with E-state index in [1.807, 2.05) is 30.3 Å². The summed E-state index contributed by atoms with van der Waals surface area (Å²) in [6.07, 6.45) is 1.44. The van der Waals surface area contributed by atoms with Gasteiger partial charge in [-0.1, -0.05) is 30.3 Å². The van der Waals surface area contributed by atoms with Crippen LogP contribution in [0.1, 0.15) is 5.56 Å². The molecule has 0 unspecified atom stereocenters. The second-order valence-electron chi connectivity index (χ2n) is 3.62. The molecule has 1 N–H and O–H groups in total. The number of hydrogen-bond acceptors (Lipinski definition) is 4. The van der Waals surface area contributed by atoms with Gasteiger partial charge in [-0.15, -0.1) is 0 Å². The Hall–Kier alpha value is -2.17. The number of ether oxygens (including phenoxy) is 2. The number of carbonyl (C=O) groups is 1. The molecule has 0 atom stereocenters. The fraction of sp³-hybridized carbons (Fsp3) is 0.250. The number of hydrogen-bond donors (Lipinski definition) is 1. The minimum atomic E-state index is -0.905. The first-order valence-corrected chi connectivity index (χ1v) is 5.21. The molecule has 0 fully saturated rings. The third kappa shape index (κ3) is 3.14. The van der Waals surface area contributed by atoms with Crippen LogP contribution in [0.3, 0.4) is 0 Å². The smallest absolute Gasteiger partial charge is 0.323 e. The van der Waals surface area contributed by atoms with Crippen LogP contribution in [0.4, 0.5) is 0 Å². The van der Waals surface area contributed by atoms with Crippen molar-refractivity contribution in [2.75, 3.05) is 13.3 Å². The summed E-state index contributed by atoms with van der Waals surface area (Å²) in [6, 6.07) is 9.61. The molecule has 1 aromatic carbocycles. The van der Waals surface area contributed by atoms with Gasteiger partial charge in [0.1, 0.15) is 12.8 Å². The fourth-order valence-electron chi connectivity index (χ4n) is 1.58. The van der Waals surface area contributed by atoms with Crippen molar-refractivity contribution in [1.82, 2.24) is 4.90 Å². The first-order valence-electron chi connectivity index (χ1n) is 5.21. The van der Waals surface area contributed by atoms with Gasteiger partial charge >= 0.3 is 5.97 Å². The molecule has 2 rings (SSSR count). The summed E-state index contributed by atoms with van der Waals surface area (Å²) in [5, 5.41) is 8.86. The Bertz CT molecular complexity index is 416. The Morgan fingerprint density at radius 2 is 2.12 bits per heavy atom. The molecule has 5 heteroatoms. The zero-order valence-corrected chi connectivity index (χ0v) is 9.20. The lowest BCUT2D eigenvalue weighted by Gasteiger charge is -2.21. The Kier molecular flexibility index (Phi) is 3.49. The number of aliphatic carboxylic acids is 1. The van der Waals surface area contributed by atoms with Crippen molar-refractivity contribution in [3.63, 3.8) is 0 Å². The quantitative estimate of drug-likeness (QED) is 0.835. The third-order valence-corrected chi connectivity index (χ3v) is 2.31. The summed E-state index contributed by atoms with van der Waals surface area (Å²) in [5.74, 6) is -0.450. The van der Waals surface area contributed by atoms with Crippen molar-refractivity contribution < 1.29 is 19.4 Å². The molecule has 0 saturated heterocycles. The molecule has 0 radical (unpaired) electrons. The van der Waals surface area contributed by atoms with Crippen LogP contribution in [0, 0.1) is 0 Å². The predicted molar refractivity (Wildman–Crippen MR) is 59.6 cm³/mol. The van der Waals surface area contributed by atoms with E-state index in [1.54, 1.807) is 4.90 Å². The van der Waals surface area contributed by atoms with Crippen molar-refractivity contribution in [1.29, 1.82) is 0 Å². The van der Waals surface area contributed by atoms with Gasteiger partial charge in [0.15, 0.2) is 0 Å². The van der Waals surface area contributed by atoms with E-state index >= 15 is 0 Å². The number of nitrogens with zero attached hydrogens (tertiary/aromatic N) is 1. The first kappa shape index (κ1) is 11.3. The van der Waals surface area contributed by atoms with E-state index in [4.69, 9.17) is 14.6 Å². The van der Waals surface area contributed by atoms with Crippen LogP contribution >= 0.6 is 0 Å². The Labute approximate surface area is 98.9 Å². The summed E-state index contributed by atoms with van der Waals surface area (Å²) in [5.41, 5.74) is 1.02. The second kappa shape index (κ2) is 5.25. The maximum Gasteiger partial charge on any atom is 0.323 e. The number of carboxylic acids is 1. The van der Waals surface area contributed by atoms with E-state index in [-0.39, 0.29) is 13.3 Å². The van der Waals surface area contributed by atoms with Gasteiger partial charge in [-0.25, -0.2) is 0 Å². The van der Waals surface area contributed by atoms with Crippen LogP contribution < -0.4 is 0 Å². The van der Waals surface area contributed by atoms with Crippen molar-refractivity contribution in [2.24, 2.45) is 0 Å². The first-order chi connectivity index (χ1) is 8.25. The summed E-state index contributed by atoms with van der Waals surface area (Å²) < 4.78 is 10.1. The Morgan fingerprint density at radius 1 is 1.35 bits per heavy atom. The van der Waals surface area contributed by atoms with Gasteiger partial charge < -0.3 is 19.5 Å². The van der Waals surface area contributed by atoms with E-state index in [1.165, 1.54) is 6.26 Å². The molecule has 1 aliphatic rings. The third-order valence-electron chi connectivity index (χ3n) is 2.31. The number of carboxylic acid groups (broad SMARTS) is 1. The molecular weight excluding hydrogens is 222 g/mol. The van der Waals surface area contributed by atoms with Gasteiger partial charge in [-0.3, -0.25) is 4.79 Å². The molecule has 17 heavy (non-hydrogen) atoms. The molecule has 0 bridgehead atoms. The van der Waals surface area contributed by atoms with Gasteiger partial charge in [0.05, 0.1) is 0 Å². The fourth-order valence-corrected chi connectivity index (χ4v) is 1.58. The molecule has 0 aliphatic carbocycles. The molecule has 0 saturated carbocycles. The van der Waals surface area contributed by atoms with Gasteiger partial charge in [-0.05, 0) is 5.56 Å². The van der Waals surface area contributed by atoms with Crippen molar-refractivity contribution in [2.45, 2.75) is 6.54 Å². The molecule has 1 aliphatic heterocycles. The maximum absolute atomic E-state index is 10.8. The summed E-state index contributed by atoms with van der Waals surface area (Å²) >= 11 is 0. The van der Waals surface area contributed by atoms with Crippen LogP contribution in [-0.2, 0) is 20.8 Å². The average molecular weight is 235 g/mol. The normalized spacial score (nSPS) is 13.5. The summed E-state index contributed by atoms with van der Waals surface area (Å²) in [7, 11) is 0. The Morgan fingerprint density at radius 3 is 2.71 bits per heavy atom. The molecule has 90 valence electrons. The molecule has 0 spiro atoms. The highest BCUT2D eigenvalue weighted by Gasteiger charge is 2.18. The summed E-state index contributed by atoms with van der Waals surface area (Å²) in [4.78, 5) is 12.4. The summed E-state index contributed by atoms with van der Waals surface area (Å²) in [6.45, 7) is 0.493.